The molecule has 1 aromatic heterocycles. The zero-order valence-electron chi connectivity index (χ0n) is 9.53. The molecule has 1 rings (SSSR count). The second kappa shape index (κ2) is 5.63. The topological polar surface area (TPSA) is 79.3 Å². The number of carbonyl (C=O) groups excluding carboxylic acids is 1. The van der Waals surface area contributed by atoms with Gasteiger partial charge in [-0.15, -0.1) is 0 Å². The molecule has 2 N–H and O–H groups in total. The maximum atomic E-state index is 11.7. The molecule has 0 bridgehead atoms. The quantitative estimate of drug-likeness (QED) is 0.800. The van der Waals surface area contributed by atoms with Crippen molar-refractivity contribution in [3.8, 4) is 0 Å². The van der Waals surface area contributed by atoms with Crippen LogP contribution in [-0.2, 0) is 11.2 Å². The summed E-state index contributed by atoms with van der Waals surface area (Å²) in [4.78, 5) is 26.3. The number of hydrogen-bond acceptors (Lipinski definition) is 3. The molecule has 0 aliphatic rings. The molecule has 17 heavy (non-hydrogen) atoms. The first-order valence-electron chi connectivity index (χ1n) is 5.14. The summed E-state index contributed by atoms with van der Waals surface area (Å²) < 4.78 is 0. The Morgan fingerprint density at radius 1 is 1.53 bits per heavy atom. The third-order valence-electron chi connectivity index (χ3n) is 2.19. The van der Waals surface area contributed by atoms with Crippen LogP contribution < -0.4 is 5.32 Å². The molecule has 1 heterocycles. The summed E-state index contributed by atoms with van der Waals surface area (Å²) in [7, 11) is 0. The van der Waals surface area contributed by atoms with E-state index in [1.807, 2.05) is 6.92 Å². The average molecular weight is 257 g/mol. The first-order chi connectivity index (χ1) is 7.93. The molecule has 0 aliphatic carbocycles. The lowest BCUT2D eigenvalue weighted by atomic mass is 10.2. The first-order valence-corrected chi connectivity index (χ1v) is 5.52. The van der Waals surface area contributed by atoms with Crippen LogP contribution >= 0.6 is 11.6 Å². The zero-order valence-corrected chi connectivity index (χ0v) is 10.3. The Bertz CT molecular complexity index is 448. The lowest BCUT2D eigenvalue weighted by Gasteiger charge is -2.10. The number of aliphatic carboxylic acids is 1. The summed E-state index contributed by atoms with van der Waals surface area (Å²) in [5.74, 6) is -1.56. The van der Waals surface area contributed by atoms with Gasteiger partial charge in [0, 0.05) is 11.3 Å². The summed E-state index contributed by atoms with van der Waals surface area (Å²) in [6.45, 7) is 3.28. The van der Waals surface area contributed by atoms with Crippen LogP contribution in [0.5, 0.6) is 0 Å². The molecule has 0 saturated heterocycles. The van der Waals surface area contributed by atoms with E-state index in [0.29, 0.717) is 17.7 Å². The second-order valence-corrected chi connectivity index (χ2v) is 3.94. The highest BCUT2D eigenvalue weighted by molar-refractivity contribution is 6.29. The number of rotatable bonds is 4. The minimum absolute atomic E-state index is 0.220. The van der Waals surface area contributed by atoms with Crippen LogP contribution in [-0.4, -0.2) is 28.0 Å². The van der Waals surface area contributed by atoms with Crippen molar-refractivity contribution < 1.29 is 14.7 Å². The van der Waals surface area contributed by atoms with E-state index in [0.717, 1.165) is 0 Å². The summed E-state index contributed by atoms with van der Waals surface area (Å²) >= 11 is 5.76. The van der Waals surface area contributed by atoms with Gasteiger partial charge in [-0.05, 0) is 25.5 Å². The second-order valence-electron chi connectivity index (χ2n) is 3.56. The predicted molar refractivity (Wildman–Crippen MR) is 63.2 cm³/mol. The predicted octanol–water partition coefficient (Wildman–Crippen LogP) is 1.50. The van der Waals surface area contributed by atoms with Crippen LogP contribution in [0.25, 0.3) is 0 Å². The fourth-order valence-corrected chi connectivity index (χ4v) is 1.43. The maximum Gasteiger partial charge on any atom is 0.325 e. The molecule has 5 nitrogen and oxygen atoms in total. The first kappa shape index (κ1) is 13.4. The lowest BCUT2D eigenvalue weighted by Crippen LogP contribution is -2.38. The number of halogens is 1. The third-order valence-corrected chi connectivity index (χ3v) is 2.38. The largest absolute Gasteiger partial charge is 0.480 e. The van der Waals surface area contributed by atoms with Gasteiger partial charge in [0.1, 0.15) is 11.2 Å². The Morgan fingerprint density at radius 3 is 2.71 bits per heavy atom. The van der Waals surface area contributed by atoms with Gasteiger partial charge in [0.15, 0.2) is 0 Å². The van der Waals surface area contributed by atoms with E-state index in [9.17, 15) is 9.59 Å². The monoisotopic (exact) mass is 256 g/mol. The maximum absolute atomic E-state index is 11.7. The van der Waals surface area contributed by atoms with Gasteiger partial charge in [-0.2, -0.15) is 0 Å². The molecule has 0 radical (unpaired) electrons. The van der Waals surface area contributed by atoms with Gasteiger partial charge in [-0.3, -0.25) is 9.59 Å². The normalized spacial score (nSPS) is 11.9. The molecule has 92 valence electrons. The smallest absolute Gasteiger partial charge is 0.325 e. The number of nitrogens with one attached hydrogen (secondary N) is 1. The molecule has 1 amide bonds. The van der Waals surface area contributed by atoms with Crippen LogP contribution in [0, 0.1) is 0 Å². The summed E-state index contributed by atoms with van der Waals surface area (Å²) in [6, 6.07) is 2.06. The molecule has 0 fully saturated rings. The van der Waals surface area contributed by atoms with Crippen molar-refractivity contribution in [1.29, 1.82) is 0 Å². The van der Waals surface area contributed by atoms with Crippen molar-refractivity contribution in [2.75, 3.05) is 0 Å². The standard InChI is InChI=1S/C11H13ClN2O3/c1-3-8-4-7(5-9(12)14-8)10(15)13-6(2)11(16)17/h4-6H,3H2,1-2H3,(H,13,15)(H,16,17)/t6-/m0/s1. The number of aromatic nitrogens is 1. The van der Waals surface area contributed by atoms with Gasteiger partial charge in [-0.1, -0.05) is 18.5 Å². The SMILES string of the molecule is CCc1cc(C(=O)N[C@@H](C)C(=O)O)cc(Cl)n1. The number of amides is 1. The lowest BCUT2D eigenvalue weighted by molar-refractivity contribution is -0.138. The number of pyridine rings is 1. The summed E-state index contributed by atoms with van der Waals surface area (Å²) in [5.41, 5.74) is 1.00. The molecule has 0 aromatic carbocycles. The molecule has 0 aliphatic heterocycles. The minimum atomic E-state index is -1.09. The Labute approximate surface area is 104 Å². The fourth-order valence-electron chi connectivity index (χ4n) is 1.21. The molecule has 6 heteroatoms. The van der Waals surface area contributed by atoms with E-state index in [4.69, 9.17) is 16.7 Å². The van der Waals surface area contributed by atoms with Gasteiger partial charge in [0.05, 0.1) is 0 Å². The number of carboxylic acids is 1. The molecule has 1 aromatic rings. The van der Waals surface area contributed by atoms with E-state index in [1.165, 1.54) is 13.0 Å². The highest BCUT2D eigenvalue weighted by Gasteiger charge is 2.16. The van der Waals surface area contributed by atoms with E-state index in [2.05, 4.69) is 10.3 Å². The molecular formula is C11H13ClN2O3. The highest BCUT2D eigenvalue weighted by atomic mass is 35.5. The van der Waals surface area contributed by atoms with E-state index in [1.54, 1.807) is 6.07 Å². The number of carbonyl (C=O) groups is 2. The van der Waals surface area contributed by atoms with E-state index < -0.39 is 17.9 Å². The van der Waals surface area contributed by atoms with Gasteiger partial charge in [-0.25, -0.2) is 4.98 Å². The van der Waals surface area contributed by atoms with Crippen LogP contribution in [0.15, 0.2) is 12.1 Å². The summed E-state index contributed by atoms with van der Waals surface area (Å²) in [6.07, 6.45) is 0.648. The van der Waals surface area contributed by atoms with Crippen LogP contribution in [0.4, 0.5) is 0 Å². The van der Waals surface area contributed by atoms with Crippen molar-refractivity contribution in [2.24, 2.45) is 0 Å². The van der Waals surface area contributed by atoms with E-state index in [-0.39, 0.29) is 5.15 Å². The van der Waals surface area contributed by atoms with Gasteiger partial charge in [0.2, 0.25) is 0 Å². The van der Waals surface area contributed by atoms with Crippen molar-refractivity contribution in [3.63, 3.8) is 0 Å². The van der Waals surface area contributed by atoms with Crippen LogP contribution in [0.3, 0.4) is 0 Å². The van der Waals surface area contributed by atoms with E-state index >= 15 is 0 Å². The number of hydrogen-bond donors (Lipinski definition) is 2. The Balaban J connectivity index is 2.88. The number of aryl methyl sites for hydroxylation is 1. The van der Waals surface area contributed by atoms with Crippen molar-refractivity contribution in [3.05, 3.63) is 28.5 Å². The Morgan fingerprint density at radius 2 is 2.18 bits per heavy atom. The molecule has 0 unspecified atom stereocenters. The van der Waals surface area contributed by atoms with Gasteiger partial charge in [0.25, 0.3) is 5.91 Å². The molecule has 0 saturated carbocycles. The molecule has 1 atom stereocenters. The Hall–Kier alpha value is -1.62. The van der Waals surface area contributed by atoms with Crippen LogP contribution in [0.2, 0.25) is 5.15 Å². The average Bonchev–Trinajstić information content (AvgIpc) is 2.27. The highest BCUT2D eigenvalue weighted by Crippen LogP contribution is 2.11. The third kappa shape index (κ3) is 3.71. The zero-order chi connectivity index (χ0) is 13.0. The van der Waals surface area contributed by atoms with Gasteiger partial charge < -0.3 is 10.4 Å². The molecular weight excluding hydrogens is 244 g/mol. The fraction of sp³-hybridized carbons (Fsp3) is 0.364. The van der Waals surface area contributed by atoms with Crippen molar-refractivity contribution in [2.45, 2.75) is 26.3 Å². The van der Waals surface area contributed by atoms with Crippen molar-refractivity contribution in [1.82, 2.24) is 10.3 Å². The van der Waals surface area contributed by atoms with Crippen molar-refractivity contribution >= 4 is 23.5 Å². The Kier molecular flexibility index (Phi) is 4.45. The minimum Gasteiger partial charge on any atom is -0.480 e. The summed E-state index contributed by atoms with van der Waals surface area (Å²) in [5, 5.41) is 11.2. The molecule has 0 spiro atoms. The van der Waals surface area contributed by atoms with Crippen LogP contribution in [0.1, 0.15) is 29.9 Å². The number of nitrogens with zero attached hydrogens (tertiary/aromatic N) is 1. The van der Waals surface area contributed by atoms with Gasteiger partial charge >= 0.3 is 5.97 Å². The number of carboxylic acid groups (broad SMARTS) is 1.